The van der Waals surface area contributed by atoms with E-state index in [1.807, 2.05) is 21.0 Å². The Morgan fingerprint density at radius 1 is 1.09 bits per heavy atom. The average molecular weight is 439 g/mol. The number of ketones is 1. The van der Waals surface area contributed by atoms with Crippen LogP contribution >= 0.6 is 0 Å². The molecule has 2 aromatic carbocycles. The minimum atomic E-state index is -0.774. The van der Waals surface area contributed by atoms with E-state index in [0.717, 1.165) is 6.54 Å². The summed E-state index contributed by atoms with van der Waals surface area (Å²) in [7, 11) is 5.59. The van der Waals surface area contributed by atoms with Crippen LogP contribution in [0.4, 0.5) is 0 Å². The van der Waals surface area contributed by atoms with Crippen molar-refractivity contribution in [2.45, 2.75) is 19.4 Å². The van der Waals surface area contributed by atoms with Gasteiger partial charge in [0.1, 0.15) is 0 Å². The zero-order valence-electron chi connectivity index (χ0n) is 19.0. The highest BCUT2D eigenvalue weighted by atomic mass is 16.5. The minimum Gasteiger partial charge on any atom is -0.872 e. The molecule has 1 heterocycles. The van der Waals surface area contributed by atoms with Crippen LogP contribution in [0, 0.1) is 0 Å². The van der Waals surface area contributed by atoms with E-state index in [9.17, 15) is 14.7 Å². The van der Waals surface area contributed by atoms with Crippen LogP contribution < -0.4 is 19.5 Å². The van der Waals surface area contributed by atoms with Crippen LogP contribution in [-0.2, 0) is 9.59 Å². The molecule has 1 atom stereocenters. The Morgan fingerprint density at radius 3 is 2.44 bits per heavy atom. The fourth-order valence-electron chi connectivity index (χ4n) is 3.92. The highest BCUT2D eigenvalue weighted by molar-refractivity contribution is 6.46. The van der Waals surface area contributed by atoms with Gasteiger partial charge in [-0.1, -0.05) is 42.2 Å². The number of benzene rings is 2. The second kappa shape index (κ2) is 10.3. The molecule has 1 aliphatic rings. The number of ether oxygens (including phenoxy) is 2. The monoisotopic (exact) mass is 438 g/mol. The van der Waals surface area contributed by atoms with Crippen molar-refractivity contribution >= 4 is 17.4 Å². The molecule has 0 spiro atoms. The summed E-state index contributed by atoms with van der Waals surface area (Å²) in [5.41, 5.74) is 0.997. The van der Waals surface area contributed by atoms with Crippen LogP contribution in [0.2, 0.25) is 0 Å². The lowest BCUT2D eigenvalue weighted by atomic mass is 9.95. The third kappa shape index (κ3) is 4.78. The first-order valence-electron chi connectivity index (χ1n) is 10.8. The van der Waals surface area contributed by atoms with Gasteiger partial charge in [-0.3, -0.25) is 9.59 Å². The number of methoxy groups -OCH3 is 1. The van der Waals surface area contributed by atoms with E-state index in [4.69, 9.17) is 9.47 Å². The van der Waals surface area contributed by atoms with Gasteiger partial charge >= 0.3 is 0 Å². The van der Waals surface area contributed by atoms with Gasteiger partial charge in [0.2, 0.25) is 5.78 Å². The summed E-state index contributed by atoms with van der Waals surface area (Å²) in [6.07, 6.45) is 0.707. The number of hydrogen-bond donors (Lipinski definition) is 1. The fraction of sp³-hybridized carbons (Fsp3) is 0.360. The maximum Gasteiger partial charge on any atom is 0.295 e. The van der Waals surface area contributed by atoms with Crippen LogP contribution in [0.1, 0.15) is 30.5 Å². The van der Waals surface area contributed by atoms with Crippen molar-refractivity contribution in [3.05, 3.63) is 65.2 Å². The Balaban J connectivity index is 2.12. The highest BCUT2D eigenvalue weighted by Gasteiger charge is 2.44. The van der Waals surface area contributed by atoms with Gasteiger partial charge in [0.15, 0.2) is 11.5 Å². The number of quaternary nitrogens is 1. The molecule has 170 valence electrons. The van der Waals surface area contributed by atoms with Crippen LogP contribution in [0.5, 0.6) is 11.5 Å². The normalized spacial score (nSPS) is 17.8. The van der Waals surface area contributed by atoms with E-state index in [0.29, 0.717) is 42.2 Å². The summed E-state index contributed by atoms with van der Waals surface area (Å²) in [5, 5.41) is 13.3. The molecule has 1 amide bonds. The zero-order chi connectivity index (χ0) is 23.3. The molecular formula is C25H30N2O5. The number of carbonyl (C=O) groups is 2. The molecule has 2 aromatic rings. The number of rotatable bonds is 9. The molecule has 0 saturated carbocycles. The molecule has 32 heavy (non-hydrogen) atoms. The molecule has 0 aromatic heterocycles. The molecular weight excluding hydrogens is 408 g/mol. The van der Waals surface area contributed by atoms with E-state index in [1.165, 1.54) is 16.9 Å². The van der Waals surface area contributed by atoms with Gasteiger partial charge in [-0.05, 0) is 30.2 Å². The predicted molar refractivity (Wildman–Crippen MR) is 119 cm³/mol. The SMILES string of the molecule is CCOc1ccc(C2C(=C([O-])c3ccccc3)C(=O)C(=O)N2CCC[NH+](C)C)cc1OC. The topological polar surface area (TPSA) is 83.3 Å². The van der Waals surface area contributed by atoms with Crippen LogP contribution in [-0.4, -0.2) is 57.5 Å². The Morgan fingerprint density at radius 2 is 1.81 bits per heavy atom. The lowest BCUT2D eigenvalue weighted by molar-refractivity contribution is -0.858. The lowest BCUT2D eigenvalue weighted by Crippen LogP contribution is -3.05. The van der Waals surface area contributed by atoms with Crippen molar-refractivity contribution < 1.29 is 29.1 Å². The summed E-state index contributed by atoms with van der Waals surface area (Å²) >= 11 is 0. The summed E-state index contributed by atoms with van der Waals surface area (Å²) in [6, 6.07) is 13.1. The Bertz CT molecular complexity index is 1000. The van der Waals surface area contributed by atoms with Crippen molar-refractivity contribution in [1.82, 2.24) is 4.90 Å². The first-order chi connectivity index (χ1) is 15.4. The van der Waals surface area contributed by atoms with Crippen LogP contribution in [0.15, 0.2) is 54.1 Å². The minimum absolute atomic E-state index is 0.0235. The van der Waals surface area contributed by atoms with Gasteiger partial charge in [-0.15, -0.1) is 0 Å². The molecule has 0 bridgehead atoms. The quantitative estimate of drug-likeness (QED) is 0.357. The van der Waals surface area contributed by atoms with Gasteiger partial charge in [-0.2, -0.15) is 0 Å². The van der Waals surface area contributed by atoms with Crippen molar-refractivity contribution in [2.75, 3.05) is 40.9 Å². The number of carbonyl (C=O) groups excluding carboxylic acids is 2. The molecule has 1 N–H and O–H groups in total. The van der Waals surface area contributed by atoms with E-state index in [-0.39, 0.29) is 5.57 Å². The van der Waals surface area contributed by atoms with E-state index < -0.39 is 23.5 Å². The molecule has 7 nitrogen and oxygen atoms in total. The van der Waals surface area contributed by atoms with Gasteiger partial charge in [0.05, 0.1) is 40.4 Å². The Labute approximate surface area is 188 Å². The second-order valence-corrected chi connectivity index (χ2v) is 7.99. The summed E-state index contributed by atoms with van der Waals surface area (Å²) < 4.78 is 11.1. The molecule has 0 aliphatic carbocycles. The number of nitrogens with one attached hydrogen (secondary N) is 1. The lowest BCUT2D eigenvalue weighted by Gasteiger charge is -2.28. The zero-order valence-corrected chi connectivity index (χ0v) is 19.0. The predicted octanol–water partition coefficient (Wildman–Crippen LogP) is 0.853. The summed E-state index contributed by atoms with van der Waals surface area (Å²) in [6.45, 7) is 3.56. The van der Waals surface area contributed by atoms with Gasteiger partial charge in [-0.25, -0.2) is 0 Å². The number of hydrogen-bond acceptors (Lipinski definition) is 5. The standard InChI is InChI=1S/C25H30N2O5/c1-5-32-19-13-12-18(16-20(19)31-4)22-21(23(28)17-10-7-6-8-11-17)24(29)25(30)27(22)15-9-14-26(2)3/h6-8,10-13,16,22,28H,5,9,14-15H2,1-4H3. The summed E-state index contributed by atoms with van der Waals surface area (Å²) in [4.78, 5) is 28.8. The van der Waals surface area contributed by atoms with Crippen molar-refractivity contribution in [3.63, 3.8) is 0 Å². The van der Waals surface area contributed by atoms with Crippen LogP contribution in [0.25, 0.3) is 5.76 Å². The molecule has 1 aliphatic heterocycles. The van der Waals surface area contributed by atoms with E-state index >= 15 is 0 Å². The van der Waals surface area contributed by atoms with Crippen molar-refractivity contribution in [1.29, 1.82) is 0 Å². The summed E-state index contributed by atoms with van der Waals surface area (Å²) in [5.74, 6) is -0.763. The third-order valence-corrected chi connectivity index (χ3v) is 5.44. The van der Waals surface area contributed by atoms with E-state index in [2.05, 4.69) is 0 Å². The second-order valence-electron chi connectivity index (χ2n) is 7.99. The fourth-order valence-corrected chi connectivity index (χ4v) is 3.92. The van der Waals surface area contributed by atoms with E-state index in [1.54, 1.807) is 48.5 Å². The number of Topliss-reactive ketones (excluding diaryl/α,β-unsaturated/α-hetero) is 1. The van der Waals surface area contributed by atoms with Gasteiger partial charge < -0.3 is 24.4 Å². The Kier molecular flexibility index (Phi) is 7.53. The van der Waals surface area contributed by atoms with Crippen molar-refractivity contribution in [2.24, 2.45) is 0 Å². The van der Waals surface area contributed by atoms with Crippen LogP contribution in [0.3, 0.4) is 0 Å². The smallest absolute Gasteiger partial charge is 0.295 e. The number of nitrogens with zero attached hydrogens (tertiary/aromatic N) is 1. The molecule has 1 fully saturated rings. The maximum atomic E-state index is 13.3. The molecule has 0 radical (unpaired) electrons. The van der Waals surface area contributed by atoms with Crippen molar-refractivity contribution in [3.8, 4) is 11.5 Å². The average Bonchev–Trinajstić information content (AvgIpc) is 3.04. The number of likely N-dealkylation sites (tertiary alicyclic amines) is 1. The Hall–Kier alpha value is -3.32. The molecule has 7 heteroatoms. The number of amides is 1. The largest absolute Gasteiger partial charge is 0.872 e. The van der Waals surface area contributed by atoms with Gasteiger partial charge in [0, 0.05) is 18.5 Å². The van der Waals surface area contributed by atoms with Gasteiger partial charge in [0.25, 0.3) is 5.91 Å². The molecule has 3 rings (SSSR count). The third-order valence-electron chi connectivity index (χ3n) is 5.44. The molecule has 1 unspecified atom stereocenters. The first-order valence-corrected chi connectivity index (χ1v) is 10.8. The molecule has 1 saturated heterocycles. The maximum absolute atomic E-state index is 13.3. The highest BCUT2D eigenvalue weighted by Crippen LogP contribution is 2.41. The first kappa shape index (κ1) is 23.3.